The lowest BCUT2D eigenvalue weighted by Gasteiger charge is -2.29. The first-order valence-electron chi connectivity index (χ1n) is 12.2. The third-order valence-corrected chi connectivity index (χ3v) is 7.04. The van der Waals surface area contributed by atoms with E-state index in [1.165, 1.54) is 7.11 Å². The molecule has 3 aromatic rings. The van der Waals surface area contributed by atoms with Gasteiger partial charge in [-0.1, -0.05) is 24.3 Å². The number of nitrogens with one attached hydrogen (secondary N) is 1. The summed E-state index contributed by atoms with van der Waals surface area (Å²) >= 11 is 5.79. The van der Waals surface area contributed by atoms with Crippen LogP contribution in [0.15, 0.2) is 65.2 Å². The van der Waals surface area contributed by atoms with Gasteiger partial charge in [-0.2, -0.15) is 0 Å². The van der Waals surface area contributed by atoms with E-state index in [2.05, 4.69) is 20.1 Å². The smallest absolute Gasteiger partial charge is 0.338 e. The van der Waals surface area contributed by atoms with Gasteiger partial charge in [0.25, 0.3) is 0 Å². The summed E-state index contributed by atoms with van der Waals surface area (Å²) in [6.07, 6.45) is 2.75. The van der Waals surface area contributed by atoms with E-state index in [4.69, 9.17) is 26.1 Å². The number of hydrogen-bond donors (Lipinski definition) is 1. The maximum absolute atomic E-state index is 12.3. The Morgan fingerprint density at radius 2 is 1.92 bits per heavy atom. The van der Waals surface area contributed by atoms with Gasteiger partial charge in [0, 0.05) is 37.9 Å². The molecule has 0 amide bonds. The van der Waals surface area contributed by atoms with Crippen molar-refractivity contribution in [2.24, 2.45) is 0 Å². The summed E-state index contributed by atoms with van der Waals surface area (Å²) in [5.41, 5.74) is 2.05. The molecule has 1 aromatic carbocycles. The normalized spacial score (nSPS) is 20.4. The van der Waals surface area contributed by atoms with E-state index in [1.807, 2.05) is 48.5 Å². The molecule has 4 heterocycles. The monoisotopic (exact) mass is 506 g/mol. The fraction of sp³-hybridized carbons (Fsp3) is 0.370. The van der Waals surface area contributed by atoms with Crippen LogP contribution in [0.4, 0.5) is 0 Å². The molecule has 0 radical (unpaired) electrons. The molecule has 36 heavy (non-hydrogen) atoms. The Hall–Kier alpha value is -3.27. The summed E-state index contributed by atoms with van der Waals surface area (Å²) in [5, 5.41) is 4.16. The SMILES string of the molecule is COC(=O)c1ccccc1-c1ccc([C@H]2[C@@H](c3ccccn3)NC(=S)N2CCCN2CCOCC2)o1. The number of rotatable bonds is 8. The first-order chi connectivity index (χ1) is 17.7. The third kappa shape index (κ3) is 5.13. The quantitative estimate of drug-likeness (QED) is 0.362. The number of carbonyl (C=O) groups is 1. The zero-order valence-electron chi connectivity index (χ0n) is 20.3. The van der Waals surface area contributed by atoms with Gasteiger partial charge in [-0.05, 0) is 49.0 Å². The van der Waals surface area contributed by atoms with Crippen LogP contribution in [0.25, 0.3) is 11.3 Å². The molecule has 8 nitrogen and oxygen atoms in total. The molecule has 0 bridgehead atoms. The Kier molecular flexibility index (Phi) is 7.60. The molecule has 5 rings (SSSR count). The lowest BCUT2D eigenvalue weighted by Crippen LogP contribution is -2.38. The second-order valence-corrected chi connectivity index (χ2v) is 9.25. The fourth-order valence-corrected chi connectivity index (χ4v) is 5.22. The van der Waals surface area contributed by atoms with Crippen molar-refractivity contribution >= 4 is 23.3 Å². The van der Waals surface area contributed by atoms with Crippen molar-refractivity contribution in [2.75, 3.05) is 46.5 Å². The van der Waals surface area contributed by atoms with E-state index in [1.54, 1.807) is 12.3 Å². The van der Waals surface area contributed by atoms with Crippen LogP contribution >= 0.6 is 12.2 Å². The first kappa shape index (κ1) is 24.4. The summed E-state index contributed by atoms with van der Waals surface area (Å²) in [6, 6.07) is 16.7. The molecule has 2 fully saturated rings. The summed E-state index contributed by atoms with van der Waals surface area (Å²) in [4.78, 5) is 21.6. The molecule has 0 aliphatic carbocycles. The molecule has 2 atom stereocenters. The highest BCUT2D eigenvalue weighted by Gasteiger charge is 2.41. The van der Waals surface area contributed by atoms with Gasteiger partial charge in [-0.3, -0.25) is 9.88 Å². The van der Waals surface area contributed by atoms with Crippen LogP contribution < -0.4 is 5.32 Å². The van der Waals surface area contributed by atoms with Crippen molar-refractivity contribution < 1.29 is 18.7 Å². The van der Waals surface area contributed by atoms with E-state index in [0.29, 0.717) is 22.0 Å². The van der Waals surface area contributed by atoms with E-state index < -0.39 is 5.97 Å². The minimum Gasteiger partial charge on any atom is -0.465 e. The number of pyridine rings is 1. The van der Waals surface area contributed by atoms with E-state index in [-0.39, 0.29) is 12.1 Å². The van der Waals surface area contributed by atoms with Crippen molar-refractivity contribution in [1.82, 2.24) is 20.1 Å². The van der Waals surface area contributed by atoms with Crippen LogP contribution in [0.1, 0.15) is 40.3 Å². The summed E-state index contributed by atoms with van der Waals surface area (Å²) in [7, 11) is 1.38. The second kappa shape index (κ2) is 11.2. The zero-order chi connectivity index (χ0) is 24.9. The van der Waals surface area contributed by atoms with Crippen molar-refractivity contribution in [2.45, 2.75) is 18.5 Å². The maximum atomic E-state index is 12.3. The van der Waals surface area contributed by atoms with Gasteiger partial charge in [0.15, 0.2) is 5.11 Å². The molecule has 0 saturated carbocycles. The number of ether oxygens (including phenoxy) is 2. The minimum atomic E-state index is -0.400. The van der Waals surface area contributed by atoms with Crippen LogP contribution in [-0.4, -0.2) is 72.4 Å². The molecule has 0 unspecified atom stereocenters. The Balaban J connectivity index is 1.43. The molecule has 1 N–H and O–H groups in total. The first-order valence-corrected chi connectivity index (χ1v) is 12.6. The maximum Gasteiger partial charge on any atom is 0.338 e. The van der Waals surface area contributed by atoms with E-state index in [0.717, 1.165) is 57.3 Å². The van der Waals surface area contributed by atoms with Crippen LogP contribution in [0, 0.1) is 0 Å². The zero-order valence-corrected chi connectivity index (χ0v) is 21.1. The lowest BCUT2D eigenvalue weighted by molar-refractivity contribution is 0.0365. The average molecular weight is 507 g/mol. The van der Waals surface area contributed by atoms with Crippen LogP contribution in [0.5, 0.6) is 0 Å². The third-order valence-electron chi connectivity index (χ3n) is 6.69. The van der Waals surface area contributed by atoms with Gasteiger partial charge in [-0.15, -0.1) is 0 Å². The largest absolute Gasteiger partial charge is 0.465 e. The van der Waals surface area contributed by atoms with Gasteiger partial charge in [0.05, 0.1) is 37.6 Å². The molecule has 9 heteroatoms. The molecular weight excluding hydrogens is 476 g/mol. The van der Waals surface area contributed by atoms with Gasteiger partial charge in [0.1, 0.15) is 17.6 Å². The van der Waals surface area contributed by atoms with Crippen molar-refractivity contribution in [1.29, 1.82) is 0 Å². The molecule has 2 aliphatic rings. The highest BCUT2D eigenvalue weighted by Crippen LogP contribution is 2.40. The Labute approximate surface area is 216 Å². The number of thiocarbonyl (C=S) groups is 1. The predicted octanol–water partition coefficient (Wildman–Crippen LogP) is 3.82. The molecule has 2 saturated heterocycles. The number of benzene rings is 1. The van der Waals surface area contributed by atoms with Gasteiger partial charge in [-0.25, -0.2) is 4.79 Å². The highest BCUT2D eigenvalue weighted by atomic mass is 32.1. The average Bonchev–Trinajstić information content (AvgIpc) is 3.54. The van der Waals surface area contributed by atoms with Gasteiger partial charge in [0.2, 0.25) is 0 Å². The number of esters is 1. The number of morpholine rings is 1. The Bertz CT molecular complexity index is 1200. The van der Waals surface area contributed by atoms with Crippen molar-refractivity contribution in [3.05, 3.63) is 77.8 Å². The Morgan fingerprint density at radius 3 is 2.69 bits per heavy atom. The molecule has 188 valence electrons. The molecule has 0 spiro atoms. The number of methoxy groups -OCH3 is 1. The number of aromatic nitrogens is 1. The summed E-state index contributed by atoms with van der Waals surface area (Å²) in [6.45, 7) is 5.27. The summed E-state index contributed by atoms with van der Waals surface area (Å²) in [5.74, 6) is 0.972. The molecule has 2 aliphatic heterocycles. The van der Waals surface area contributed by atoms with Crippen LogP contribution in [-0.2, 0) is 9.47 Å². The number of carbonyl (C=O) groups excluding carboxylic acids is 1. The standard InChI is InChI=1S/C27H30N4O4S/c1-33-26(32)20-8-3-2-7-19(20)22-10-11-23(35-22)25-24(21-9-4-5-12-28-21)29-27(36)31(25)14-6-13-30-15-17-34-18-16-30/h2-5,7-12,24-25H,6,13-18H2,1H3,(H,29,36)/t24-,25+/m1/s1. The Morgan fingerprint density at radius 1 is 1.11 bits per heavy atom. The topological polar surface area (TPSA) is 80.1 Å². The van der Waals surface area contributed by atoms with E-state index in [9.17, 15) is 4.79 Å². The molecular formula is C27H30N4O4S. The second-order valence-electron chi connectivity index (χ2n) is 8.87. The predicted molar refractivity (Wildman–Crippen MR) is 140 cm³/mol. The lowest BCUT2D eigenvalue weighted by atomic mass is 10.0. The fourth-order valence-electron chi connectivity index (χ4n) is 4.89. The number of furan rings is 1. The van der Waals surface area contributed by atoms with Crippen LogP contribution in [0.2, 0.25) is 0 Å². The van der Waals surface area contributed by atoms with Crippen LogP contribution in [0.3, 0.4) is 0 Å². The summed E-state index contributed by atoms with van der Waals surface area (Å²) < 4.78 is 16.9. The van der Waals surface area contributed by atoms with Crippen molar-refractivity contribution in [3.63, 3.8) is 0 Å². The van der Waals surface area contributed by atoms with E-state index >= 15 is 0 Å². The van der Waals surface area contributed by atoms with Gasteiger partial charge < -0.3 is 24.1 Å². The number of nitrogens with zero attached hydrogens (tertiary/aromatic N) is 3. The number of hydrogen-bond acceptors (Lipinski definition) is 7. The van der Waals surface area contributed by atoms with Crippen molar-refractivity contribution in [3.8, 4) is 11.3 Å². The molecule has 2 aromatic heterocycles. The van der Waals surface area contributed by atoms with Gasteiger partial charge >= 0.3 is 5.97 Å². The minimum absolute atomic E-state index is 0.156. The highest BCUT2D eigenvalue weighted by molar-refractivity contribution is 7.80.